The van der Waals surface area contributed by atoms with E-state index in [0.717, 1.165) is 55.2 Å². The Hall–Kier alpha value is -1.09. The van der Waals surface area contributed by atoms with Crippen molar-refractivity contribution in [2.45, 2.75) is 49.5 Å². The standard InChI is InChI=1S/C21H29N3O3S2/c25-20-2-1-16-11-19(12-17-5-9-24(20)21(16)17)29(26,27)22-13-15-3-7-23(8-4-15)18-6-10-28-14-18/h11-12,15,18,22H,1-10,13-14H2/t18-/m0/s1. The second-order valence-corrected chi connectivity index (χ2v) is 11.7. The summed E-state index contributed by atoms with van der Waals surface area (Å²) >= 11 is 2.05. The second kappa shape index (κ2) is 7.87. The van der Waals surface area contributed by atoms with Crippen LogP contribution in [0.15, 0.2) is 17.0 Å². The van der Waals surface area contributed by atoms with Gasteiger partial charge in [0.25, 0.3) is 0 Å². The fourth-order valence-electron chi connectivity index (χ4n) is 5.22. The van der Waals surface area contributed by atoms with E-state index in [1.54, 1.807) is 12.1 Å². The van der Waals surface area contributed by atoms with E-state index >= 15 is 0 Å². The number of piperidine rings is 1. The maximum Gasteiger partial charge on any atom is 0.240 e. The molecule has 1 atom stereocenters. The second-order valence-electron chi connectivity index (χ2n) is 8.73. The lowest BCUT2D eigenvalue weighted by Gasteiger charge is -2.35. The van der Waals surface area contributed by atoms with E-state index in [4.69, 9.17) is 0 Å². The molecular weight excluding hydrogens is 406 g/mol. The van der Waals surface area contributed by atoms with Crippen molar-refractivity contribution in [1.82, 2.24) is 9.62 Å². The van der Waals surface area contributed by atoms with Gasteiger partial charge in [0.1, 0.15) is 0 Å². The molecule has 0 radical (unpaired) electrons. The molecule has 1 aromatic rings. The molecule has 1 aromatic carbocycles. The first-order valence-corrected chi connectivity index (χ1v) is 13.4. The van der Waals surface area contributed by atoms with Crippen LogP contribution in [-0.2, 0) is 27.7 Å². The van der Waals surface area contributed by atoms with Crippen molar-refractivity contribution in [3.63, 3.8) is 0 Å². The van der Waals surface area contributed by atoms with E-state index in [-0.39, 0.29) is 5.91 Å². The highest BCUT2D eigenvalue weighted by Crippen LogP contribution is 2.38. The van der Waals surface area contributed by atoms with Gasteiger partial charge in [-0.15, -0.1) is 0 Å². The Bertz CT molecular complexity index is 904. The Kier molecular flexibility index (Phi) is 5.39. The first-order valence-electron chi connectivity index (χ1n) is 10.8. The smallest absolute Gasteiger partial charge is 0.240 e. The zero-order chi connectivity index (χ0) is 20.0. The first-order chi connectivity index (χ1) is 14.0. The quantitative estimate of drug-likeness (QED) is 0.766. The molecule has 4 aliphatic rings. The van der Waals surface area contributed by atoms with Crippen LogP contribution in [0.5, 0.6) is 0 Å². The summed E-state index contributed by atoms with van der Waals surface area (Å²) in [5.41, 5.74) is 2.97. The number of sulfonamides is 1. The van der Waals surface area contributed by atoms with Crippen LogP contribution < -0.4 is 9.62 Å². The Morgan fingerprint density at radius 3 is 2.52 bits per heavy atom. The van der Waals surface area contributed by atoms with Crippen LogP contribution in [0.3, 0.4) is 0 Å². The Balaban J connectivity index is 1.23. The van der Waals surface area contributed by atoms with Crippen molar-refractivity contribution in [3.05, 3.63) is 23.3 Å². The number of carbonyl (C=O) groups excluding carboxylic acids is 1. The molecule has 0 aliphatic carbocycles. The molecule has 2 saturated heterocycles. The maximum absolute atomic E-state index is 13.0. The van der Waals surface area contributed by atoms with Crippen molar-refractivity contribution in [2.75, 3.05) is 42.6 Å². The van der Waals surface area contributed by atoms with Gasteiger partial charge in [0.05, 0.1) is 10.6 Å². The van der Waals surface area contributed by atoms with E-state index in [1.807, 2.05) is 16.7 Å². The molecule has 2 fully saturated rings. The number of aryl methyl sites for hydroxylation is 1. The van der Waals surface area contributed by atoms with Gasteiger partial charge in [-0.2, -0.15) is 11.8 Å². The van der Waals surface area contributed by atoms with Crippen molar-refractivity contribution in [2.24, 2.45) is 5.92 Å². The summed E-state index contributed by atoms with van der Waals surface area (Å²) in [6.07, 6.45) is 5.29. The molecule has 1 amide bonds. The number of benzene rings is 1. The lowest BCUT2D eigenvalue weighted by atomic mass is 9.96. The van der Waals surface area contributed by atoms with E-state index in [1.165, 1.54) is 17.9 Å². The third-order valence-electron chi connectivity index (χ3n) is 6.97. The summed E-state index contributed by atoms with van der Waals surface area (Å²) in [4.78, 5) is 16.9. The fraction of sp³-hybridized carbons (Fsp3) is 0.667. The zero-order valence-corrected chi connectivity index (χ0v) is 18.4. The van der Waals surface area contributed by atoms with Crippen LogP contribution in [-0.4, -0.2) is 63.0 Å². The van der Waals surface area contributed by atoms with Crippen LogP contribution in [0, 0.1) is 5.92 Å². The lowest BCUT2D eigenvalue weighted by molar-refractivity contribution is -0.118. The van der Waals surface area contributed by atoms with Crippen molar-refractivity contribution in [1.29, 1.82) is 0 Å². The highest BCUT2D eigenvalue weighted by atomic mass is 32.2. The number of likely N-dealkylation sites (tertiary alicyclic amines) is 1. The average molecular weight is 436 g/mol. The molecule has 0 unspecified atom stereocenters. The Labute approximate surface area is 177 Å². The number of anilines is 1. The van der Waals surface area contributed by atoms with Gasteiger partial charge >= 0.3 is 0 Å². The summed E-state index contributed by atoms with van der Waals surface area (Å²) in [7, 11) is -3.52. The van der Waals surface area contributed by atoms with E-state index in [9.17, 15) is 13.2 Å². The fourth-order valence-corrected chi connectivity index (χ4v) is 7.70. The van der Waals surface area contributed by atoms with E-state index in [0.29, 0.717) is 36.7 Å². The molecule has 1 N–H and O–H groups in total. The van der Waals surface area contributed by atoms with Crippen LogP contribution in [0.4, 0.5) is 5.69 Å². The van der Waals surface area contributed by atoms with E-state index < -0.39 is 10.0 Å². The van der Waals surface area contributed by atoms with Gasteiger partial charge in [0.15, 0.2) is 0 Å². The normalized spacial score (nSPS) is 25.6. The van der Waals surface area contributed by atoms with Gasteiger partial charge in [-0.1, -0.05) is 0 Å². The molecule has 29 heavy (non-hydrogen) atoms. The minimum absolute atomic E-state index is 0.160. The van der Waals surface area contributed by atoms with Crippen molar-refractivity contribution < 1.29 is 13.2 Å². The lowest BCUT2D eigenvalue weighted by Crippen LogP contribution is -2.43. The summed E-state index contributed by atoms with van der Waals surface area (Å²) in [5.74, 6) is 3.10. The number of hydrogen-bond acceptors (Lipinski definition) is 5. The molecule has 5 rings (SSSR count). The first kappa shape index (κ1) is 19.8. The van der Waals surface area contributed by atoms with Gasteiger partial charge in [-0.3, -0.25) is 9.69 Å². The number of hydrogen-bond donors (Lipinski definition) is 1. The monoisotopic (exact) mass is 435 g/mol. The van der Waals surface area contributed by atoms with Crippen LogP contribution in [0.25, 0.3) is 0 Å². The summed E-state index contributed by atoms with van der Waals surface area (Å²) in [6, 6.07) is 4.29. The van der Waals surface area contributed by atoms with Gasteiger partial charge in [0, 0.05) is 31.3 Å². The molecular formula is C21H29N3O3S2. The highest BCUT2D eigenvalue weighted by Gasteiger charge is 2.33. The summed E-state index contributed by atoms with van der Waals surface area (Å²) in [6.45, 7) is 3.37. The summed E-state index contributed by atoms with van der Waals surface area (Å²) < 4.78 is 28.8. The number of carbonyl (C=O) groups is 1. The molecule has 4 heterocycles. The number of thioether (sulfide) groups is 1. The third-order valence-corrected chi connectivity index (χ3v) is 9.52. The number of nitrogens with one attached hydrogen (secondary N) is 1. The van der Waals surface area contributed by atoms with Crippen LogP contribution in [0.1, 0.15) is 36.8 Å². The Morgan fingerprint density at radius 1 is 1.03 bits per heavy atom. The molecule has 0 saturated carbocycles. The summed E-state index contributed by atoms with van der Waals surface area (Å²) in [5, 5.41) is 0. The molecule has 8 heteroatoms. The zero-order valence-electron chi connectivity index (χ0n) is 16.7. The minimum atomic E-state index is -3.52. The average Bonchev–Trinajstić information content (AvgIpc) is 3.41. The predicted molar refractivity (Wildman–Crippen MR) is 116 cm³/mol. The van der Waals surface area contributed by atoms with E-state index in [2.05, 4.69) is 9.62 Å². The SMILES string of the molecule is O=C1CCc2cc(S(=O)(=O)NCC3CCN([C@H]4CCSC4)CC3)cc3c2N1CC3. The molecule has 0 bridgehead atoms. The van der Waals surface area contributed by atoms with Crippen molar-refractivity contribution in [3.8, 4) is 0 Å². The van der Waals surface area contributed by atoms with Gasteiger partial charge in [0.2, 0.25) is 15.9 Å². The molecule has 6 nitrogen and oxygen atoms in total. The highest BCUT2D eigenvalue weighted by molar-refractivity contribution is 7.99. The molecule has 4 aliphatic heterocycles. The van der Waals surface area contributed by atoms with Gasteiger partial charge < -0.3 is 4.90 Å². The predicted octanol–water partition coefficient (Wildman–Crippen LogP) is 2.02. The number of rotatable bonds is 5. The topological polar surface area (TPSA) is 69.7 Å². The molecule has 0 aromatic heterocycles. The Morgan fingerprint density at radius 2 is 1.79 bits per heavy atom. The largest absolute Gasteiger partial charge is 0.312 e. The minimum Gasteiger partial charge on any atom is -0.312 e. The third kappa shape index (κ3) is 3.84. The molecule has 0 spiro atoms. The number of amides is 1. The van der Waals surface area contributed by atoms with Gasteiger partial charge in [-0.05, 0) is 80.1 Å². The maximum atomic E-state index is 13.0. The van der Waals surface area contributed by atoms with Crippen LogP contribution >= 0.6 is 11.8 Å². The van der Waals surface area contributed by atoms with Gasteiger partial charge in [-0.25, -0.2) is 13.1 Å². The number of nitrogens with zero attached hydrogens (tertiary/aromatic N) is 2. The van der Waals surface area contributed by atoms with Crippen molar-refractivity contribution >= 4 is 33.4 Å². The van der Waals surface area contributed by atoms with Crippen LogP contribution in [0.2, 0.25) is 0 Å². The molecule has 158 valence electrons.